The van der Waals surface area contributed by atoms with Crippen molar-refractivity contribution in [2.45, 2.75) is 40.2 Å². The van der Waals surface area contributed by atoms with Crippen molar-refractivity contribution in [2.75, 3.05) is 31.1 Å². The number of amides is 2. The highest BCUT2D eigenvalue weighted by atomic mass is 19.1. The molecule has 1 saturated heterocycles. The standard InChI is InChI=1S/C23H30FN5O4/c1-5-23(11-26-22(31)32)12-28(13-23)20-19(10-25-14-27-20)33-18-8-7-16(24)9-17(18)21(30)29(6-2)15(3)4/h7-10,14-15,26H,5-6,11-13H2,1-4H3,(H,31,32). The minimum Gasteiger partial charge on any atom is -0.465 e. The fraction of sp³-hybridized carbons (Fsp3) is 0.478. The molecule has 1 fully saturated rings. The van der Waals surface area contributed by atoms with E-state index in [2.05, 4.69) is 15.3 Å². The van der Waals surface area contributed by atoms with E-state index in [4.69, 9.17) is 9.84 Å². The molecule has 9 nitrogen and oxygen atoms in total. The van der Waals surface area contributed by atoms with Gasteiger partial charge in [-0.2, -0.15) is 0 Å². The van der Waals surface area contributed by atoms with Gasteiger partial charge < -0.3 is 25.0 Å². The number of carboxylic acid groups (broad SMARTS) is 1. The predicted octanol–water partition coefficient (Wildman–Crippen LogP) is 3.76. The van der Waals surface area contributed by atoms with Crippen LogP contribution in [0.3, 0.4) is 0 Å². The van der Waals surface area contributed by atoms with E-state index in [9.17, 15) is 14.0 Å². The maximum Gasteiger partial charge on any atom is 0.404 e. The van der Waals surface area contributed by atoms with Gasteiger partial charge in [0.15, 0.2) is 11.6 Å². The zero-order valence-corrected chi connectivity index (χ0v) is 19.3. The molecule has 2 aromatic rings. The summed E-state index contributed by atoms with van der Waals surface area (Å²) < 4.78 is 20.1. The number of hydrogen-bond donors (Lipinski definition) is 2. The quantitative estimate of drug-likeness (QED) is 0.588. The first-order valence-corrected chi connectivity index (χ1v) is 11.0. The summed E-state index contributed by atoms with van der Waals surface area (Å²) in [6.07, 6.45) is 2.65. The molecule has 10 heteroatoms. The summed E-state index contributed by atoms with van der Waals surface area (Å²) in [5.74, 6) is 0.224. The molecule has 0 bridgehead atoms. The van der Waals surface area contributed by atoms with E-state index in [0.717, 1.165) is 6.42 Å². The minimum atomic E-state index is -1.05. The Labute approximate surface area is 192 Å². The number of ether oxygens (including phenoxy) is 1. The van der Waals surface area contributed by atoms with Gasteiger partial charge in [-0.1, -0.05) is 6.92 Å². The molecule has 1 aromatic heterocycles. The molecule has 33 heavy (non-hydrogen) atoms. The third-order valence-electron chi connectivity index (χ3n) is 5.99. The van der Waals surface area contributed by atoms with E-state index in [-0.39, 0.29) is 28.7 Å². The first kappa shape index (κ1) is 24.2. The first-order chi connectivity index (χ1) is 15.7. The molecular formula is C23H30FN5O4. The van der Waals surface area contributed by atoms with Crippen LogP contribution < -0.4 is 15.0 Å². The van der Waals surface area contributed by atoms with Gasteiger partial charge in [-0.15, -0.1) is 0 Å². The largest absolute Gasteiger partial charge is 0.465 e. The van der Waals surface area contributed by atoms with Gasteiger partial charge in [-0.3, -0.25) is 4.79 Å². The first-order valence-electron chi connectivity index (χ1n) is 11.0. The zero-order chi connectivity index (χ0) is 24.2. The van der Waals surface area contributed by atoms with Crippen molar-refractivity contribution in [1.82, 2.24) is 20.2 Å². The predicted molar refractivity (Wildman–Crippen MR) is 121 cm³/mol. The smallest absolute Gasteiger partial charge is 0.404 e. The van der Waals surface area contributed by atoms with Crippen LogP contribution in [0.25, 0.3) is 0 Å². The zero-order valence-electron chi connectivity index (χ0n) is 19.3. The van der Waals surface area contributed by atoms with Crippen molar-refractivity contribution in [3.63, 3.8) is 0 Å². The monoisotopic (exact) mass is 459 g/mol. The summed E-state index contributed by atoms with van der Waals surface area (Å²) in [6.45, 7) is 9.67. The fourth-order valence-electron chi connectivity index (χ4n) is 4.03. The van der Waals surface area contributed by atoms with Crippen molar-refractivity contribution in [3.05, 3.63) is 42.1 Å². The SMILES string of the molecule is CCN(C(=O)c1cc(F)ccc1Oc1cncnc1N1CC(CC)(CNC(=O)O)C1)C(C)C. The average molecular weight is 460 g/mol. The molecule has 0 radical (unpaired) electrons. The van der Waals surface area contributed by atoms with Crippen molar-refractivity contribution in [1.29, 1.82) is 0 Å². The summed E-state index contributed by atoms with van der Waals surface area (Å²) in [4.78, 5) is 36.0. The number of aromatic nitrogens is 2. The third-order valence-corrected chi connectivity index (χ3v) is 5.99. The van der Waals surface area contributed by atoms with Crippen molar-refractivity contribution in [3.8, 4) is 11.5 Å². The number of nitrogens with one attached hydrogen (secondary N) is 1. The lowest BCUT2D eigenvalue weighted by Crippen LogP contribution is -2.61. The Morgan fingerprint density at radius 1 is 1.30 bits per heavy atom. The van der Waals surface area contributed by atoms with Gasteiger partial charge in [0.25, 0.3) is 5.91 Å². The van der Waals surface area contributed by atoms with Gasteiger partial charge in [0.05, 0.1) is 11.8 Å². The number of nitrogens with zero attached hydrogens (tertiary/aromatic N) is 4. The van der Waals surface area contributed by atoms with Crippen molar-refractivity contribution >= 4 is 17.8 Å². The van der Waals surface area contributed by atoms with Gasteiger partial charge >= 0.3 is 6.09 Å². The number of hydrogen-bond acceptors (Lipinski definition) is 6. The lowest BCUT2D eigenvalue weighted by molar-refractivity contribution is 0.0713. The van der Waals surface area contributed by atoms with E-state index in [1.807, 2.05) is 32.6 Å². The Hall–Kier alpha value is -3.43. The second kappa shape index (κ2) is 10.0. The van der Waals surface area contributed by atoms with Crippen LogP contribution >= 0.6 is 0 Å². The highest BCUT2D eigenvalue weighted by Gasteiger charge is 2.43. The summed E-state index contributed by atoms with van der Waals surface area (Å²) >= 11 is 0. The van der Waals surface area contributed by atoms with Crippen LogP contribution in [0, 0.1) is 11.2 Å². The van der Waals surface area contributed by atoms with Gasteiger partial charge in [-0.05, 0) is 45.4 Å². The van der Waals surface area contributed by atoms with Crippen LogP contribution in [0.1, 0.15) is 44.5 Å². The Morgan fingerprint density at radius 2 is 2.03 bits per heavy atom. The Kier molecular flexibility index (Phi) is 7.35. The maximum absolute atomic E-state index is 14.0. The topological polar surface area (TPSA) is 108 Å². The summed E-state index contributed by atoms with van der Waals surface area (Å²) in [7, 11) is 0. The van der Waals surface area contributed by atoms with Gasteiger partial charge in [0, 0.05) is 37.6 Å². The number of anilines is 1. The van der Waals surface area contributed by atoms with Crippen LogP contribution in [-0.4, -0.2) is 64.2 Å². The Bertz CT molecular complexity index is 1010. The van der Waals surface area contributed by atoms with E-state index in [1.165, 1.54) is 30.7 Å². The molecule has 2 N–H and O–H groups in total. The molecule has 0 unspecified atom stereocenters. The highest BCUT2D eigenvalue weighted by Crippen LogP contribution is 2.41. The van der Waals surface area contributed by atoms with Crippen molar-refractivity contribution < 1.29 is 23.8 Å². The van der Waals surface area contributed by atoms with E-state index < -0.39 is 11.9 Å². The number of rotatable bonds is 9. The lowest BCUT2D eigenvalue weighted by Gasteiger charge is -2.50. The van der Waals surface area contributed by atoms with Gasteiger partial charge in [-0.25, -0.2) is 19.2 Å². The van der Waals surface area contributed by atoms with E-state index in [1.54, 1.807) is 4.90 Å². The number of halogens is 1. The summed E-state index contributed by atoms with van der Waals surface area (Å²) in [5.41, 5.74) is -0.0752. The second-order valence-electron chi connectivity index (χ2n) is 8.51. The molecular weight excluding hydrogens is 429 g/mol. The van der Waals surface area contributed by atoms with E-state index >= 15 is 0 Å². The summed E-state index contributed by atoms with van der Waals surface area (Å²) in [5, 5.41) is 11.4. The Morgan fingerprint density at radius 3 is 2.64 bits per heavy atom. The molecule has 0 aliphatic carbocycles. The average Bonchev–Trinajstić information content (AvgIpc) is 2.75. The molecule has 1 aliphatic rings. The van der Waals surface area contributed by atoms with Crippen LogP contribution in [0.4, 0.5) is 15.0 Å². The van der Waals surface area contributed by atoms with Gasteiger partial charge in [0.1, 0.15) is 17.9 Å². The van der Waals surface area contributed by atoms with Crippen LogP contribution in [0.2, 0.25) is 0 Å². The highest BCUT2D eigenvalue weighted by molar-refractivity contribution is 5.97. The maximum atomic E-state index is 14.0. The molecule has 0 atom stereocenters. The van der Waals surface area contributed by atoms with Crippen molar-refractivity contribution in [2.24, 2.45) is 5.41 Å². The minimum absolute atomic E-state index is 0.0584. The van der Waals surface area contributed by atoms with Gasteiger partial charge in [0.2, 0.25) is 0 Å². The third kappa shape index (κ3) is 5.32. The fourth-order valence-corrected chi connectivity index (χ4v) is 4.03. The molecule has 2 amide bonds. The van der Waals surface area contributed by atoms with Crippen LogP contribution in [0.5, 0.6) is 11.5 Å². The van der Waals surface area contributed by atoms with Crippen LogP contribution in [-0.2, 0) is 0 Å². The molecule has 178 valence electrons. The lowest BCUT2D eigenvalue weighted by atomic mass is 9.77. The number of carbonyl (C=O) groups excluding carboxylic acids is 1. The summed E-state index contributed by atoms with van der Waals surface area (Å²) in [6, 6.07) is 3.79. The molecule has 0 spiro atoms. The normalized spacial score (nSPS) is 14.5. The molecule has 0 saturated carbocycles. The van der Waals surface area contributed by atoms with Crippen LogP contribution in [0.15, 0.2) is 30.7 Å². The molecule has 1 aliphatic heterocycles. The second-order valence-corrected chi connectivity index (χ2v) is 8.51. The number of carbonyl (C=O) groups is 2. The number of benzene rings is 1. The molecule has 1 aromatic carbocycles. The molecule has 2 heterocycles. The van der Waals surface area contributed by atoms with E-state index in [0.29, 0.717) is 37.7 Å². The molecule has 3 rings (SSSR count). The Balaban J connectivity index is 1.85.